The summed E-state index contributed by atoms with van der Waals surface area (Å²) < 4.78 is 0. The van der Waals surface area contributed by atoms with Gasteiger partial charge in [0.25, 0.3) is 0 Å². The lowest BCUT2D eigenvalue weighted by molar-refractivity contribution is -0.143. The van der Waals surface area contributed by atoms with Gasteiger partial charge < -0.3 is 21.3 Å². The molecule has 0 fully saturated rings. The quantitative estimate of drug-likeness (QED) is 0.623. The van der Waals surface area contributed by atoms with Crippen LogP contribution in [0.15, 0.2) is 24.3 Å². The number of carbonyl (C=O) groups is 2. The van der Waals surface area contributed by atoms with Gasteiger partial charge in [-0.2, -0.15) is 0 Å². The average molecular weight is 280 g/mol. The fourth-order valence-corrected chi connectivity index (χ4v) is 1.37. The topological polar surface area (TPSA) is 113 Å². The van der Waals surface area contributed by atoms with Crippen LogP contribution in [0.25, 0.3) is 0 Å². The van der Waals surface area contributed by atoms with Crippen LogP contribution in [0.1, 0.15) is 25.0 Å². The molecule has 1 atom stereocenters. The van der Waals surface area contributed by atoms with E-state index in [1.807, 2.05) is 0 Å². The molecular formula is C14H20N2O4. The second kappa shape index (κ2) is 6.49. The van der Waals surface area contributed by atoms with Crippen molar-refractivity contribution < 1.29 is 19.8 Å². The van der Waals surface area contributed by atoms with E-state index in [0.717, 1.165) is 0 Å². The molecule has 110 valence electrons. The monoisotopic (exact) mass is 280 g/mol. The van der Waals surface area contributed by atoms with Crippen molar-refractivity contribution in [2.45, 2.75) is 31.8 Å². The lowest BCUT2D eigenvalue weighted by atomic mass is 10.1. The van der Waals surface area contributed by atoms with E-state index in [2.05, 4.69) is 29.6 Å². The van der Waals surface area contributed by atoms with Crippen LogP contribution in [-0.2, 0) is 16.0 Å². The zero-order valence-corrected chi connectivity index (χ0v) is 11.6. The number of nitrogens with two attached hydrogens (primary N) is 1. The number of hydrogen-bond acceptors (Lipinski definition) is 4. The van der Waals surface area contributed by atoms with Gasteiger partial charge in [0.15, 0.2) is 0 Å². The minimum absolute atomic E-state index is 0.617. The third-order valence-electron chi connectivity index (χ3n) is 2.75. The lowest BCUT2D eigenvalue weighted by Crippen LogP contribution is -2.55. The number of nitrogens with one attached hydrogen (secondary N) is 1. The van der Waals surface area contributed by atoms with E-state index in [9.17, 15) is 9.59 Å². The molecule has 0 aliphatic heterocycles. The number of fused-ring (bicyclic) bond motifs is 1. The van der Waals surface area contributed by atoms with E-state index in [4.69, 9.17) is 15.9 Å². The van der Waals surface area contributed by atoms with Crippen LogP contribution in [-0.4, -0.2) is 40.3 Å². The molecule has 1 unspecified atom stereocenters. The summed E-state index contributed by atoms with van der Waals surface area (Å²) in [5, 5.41) is 19.1. The number of amides is 1. The molecule has 1 aliphatic carbocycles. The second-order valence-electron chi connectivity index (χ2n) is 5.21. The number of aliphatic hydroxyl groups is 1. The molecule has 20 heavy (non-hydrogen) atoms. The summed E-state index contributed by atoms with van der Waals surface area (Å²) in [6.45, 7) is 2.23. The Bertz CT molecular complexity index is 473. The molecule has 6 heteroatoms. The minimum Gasteiger partial charge on any atom is -0.480 e. The number of carboxylic acid groups (broad SMARTS) is 1. The van der Waals surface area contributed by atoms with Crippen molar-refractivity contribution in [3.05, 3.63) is 35.4 Å². The van der Waals surface area contributed by atoms with Crippen LogP contribution < -0.4 is 11.1 Å². The van der Waals surface area contributed by atoms with Crippen molar-refractivity contribution >= 4 is 11.9 Å². The molecule has 0 bridgehead atoms. The molecule has 0 saturated heterocycles. The molecule has 0 saturated carbocycles. The highest BCUT2D eigenvalue weighted by atomic mass is 16.4. The molecule has 1 aromatic carbocycles. The zero-order valence-electron chi connectivity index (χ0n) is 11.6. The maximum atomic E-state index is 11.1. The normalized spacial score (nSPS) is 13.4. The summed E-state index contributed by atoms with van der Waals surface area (Å²) in [7, 11) is 0. The Hall–Kier alpha value is -1.92. The van der Waals surface area contributed by atoms with Crippen LogP contribution in [0.3, 0.4) is 0 Å². The smallest absolute Gasteiger partial charge is 0.328 e. The number of benzene rings is 1. The maximum absolute atomic E-state index is 11.1. The number of carboxylic acids is 1. The highest BCUT2D eigenvalue weighted by Crippen LogP contribution is 2.25. The molecular weight excluding hydrogens is 260 g/mol. The van der Waals surface area contributed by atoms with Gasteiger partial charge in [-0.25, -0.2) is 4.79 Å². The molecule has 5 N–H and O–H groups in total. The highest BCUT2D eigenvalue weighted by Gasteiger charge is 2.27. The summed E-state index contributed by atoms with van der Waals surface area (Å²) in [4.78, 5) is 21.5. The fourth-order valence-electron chi connectivity index (χ4n) is 1.37. The van der Waals surface area contributed by atoms with Crippen molar-refractivity contribution in [1.82, 2.24) is 5.32 Å². The summed E-state index contributed by atoms with van der Waals surface area (Å²) in [6.07, 6.45) is 1.24. The molecule has 0 radical (unpaired) electrons. The maximum Gasteiger partial charge on any atom is 0.328 e. The van der Waals surface area contributed by atoms with E-state index >= 15 is 0 Å². The van der Waals surface area contributed by atoms with E-state index in [1.165, 1.54) is 31.4 Å². The molecule has 0 aromatic heterocycles. The lowest BCUT2D eigenvalue weighted by Gasteiger charge is -2.20. The van der Waals surface area contributed by atoms with Crippen LogP contribution >= 0.6 is 0 Å². The summed E-state index contributed by atoms with van der Waals surface area (Å²) >= 11 is 0. The molecule has 1 amide bonds. The summed E-state index contributed by atoms with van der Waals surface area (Å²) in [5.41, 5.74) is 7.31. The Labute approximate surface area is 117 Å². The third kappa shape index (κ3) is 4.99. The first-order valence-corrected chi connectivity index (χ1v) is 6.26. The van der Waals surface area contributed by atoms with Gasteiger partial charge in [0.2, 0.25) is 5.91 Å². The minimum atomic E-state index is -1.30. The van der Waals surface area contributed by atoms with Crippen LogP contribution in [0.4, 0.5) is 0 Å². The van der Waals surface area contributed by atoms with Gasteiger partial charge in [-0.3, -0.25) is 4.79 Å². The number of rotatable bonds is 4. The first kappa shape index (κ1) is 16.1. The number of aliphatic hydroxyl groups excluding tert-OH is 1. The third-order valence-corrected chi connectivity index (χ3v) is 2.75. The molecule has 2 rings (SSSR count). The second-order valence-corrected chi connectivity index (χ2v) is 5.21. The number of hydrogen-bond donors (Lipinski definition) is 4. The van der Waals surface area contributed by atoms with E-state index in [1.54, 1.807) is 0 Å². The predicted octanol–water partition coefficient (Wildman–Crippen LogP) is -0.124. The van der Waals surface area contributed by atoms with E-state index in [-0.39, 0.29) is 0 Å². The standard InChI is InChI=1S/C7H14N2O4.C7H6/c1-7(2,8)6(13)9-4(3-10)5(11)12;1-2-4-7-5-6(7)3-1/h4,10H,3,8H2,1-2H3,(H,9,13)(H,11,12);1-4H,5H2. The average Bonchev–Trinajstić information content (AvgIpc) is 3.13. The Morgan fingerprint density at radius 3 is 2.15 bits per heavy atom. The molecule has 6 nitrogen and oxygen atoms in total. The summed E-state index contributed by atoms with van der Waals surface area (Å²) in [6, 6.07) is 7.23. The Morgan fingerprint density at radius 1 is 1.35 bits per heavy atom. The Morgan fingerprint density at radius 2 is 1.85 bits per heavy atom. The fraction of sp³-hybridized carbons (Fsp3) is 0.429. The highest BCUT2D eigenvalue weighted by molar-refractivity contribution is 5.89. The van der Waals surface area contributed by atoms with Crippen molar-refractivity contribution in [1.29, 1.82) is 0 Å². The van der Waals surface area contributed by atoms with Crippen LogP contribution in [0.5, 0.6) is 0 Å². The molecule has 0 heterocycles. The van der Waals surface area contributed by atoms with E-state index in [0.29, 0.717) is 0 Å². The van der Waals surface area contributed by atoms with E-state index < -0.39 is 30.1 Å². The number of carbonyl (C=O) groups excluding carboxylic acids is 1. The Kier molecular flexibility index (Phi) is 5.24. The number of aliphatic carboxylic acids is 1. The van der Waals surface area contributed by atoms with Gasteiger partial charge in [0.1, 0.15) is 6.04 Å². The van der Waals surface area contributed by atoms with Gasteiger partial charge in [-0.1, -0.05) is 24.3 Å². The zero-order chi connectivity index (χ0) is 15.3. The molecule has 1 aromatic rings. The van der Waals surface area contributed by atoms with Crippen molar-refractivity contribution in [2.24, 2.45) is 5.73 Å². The molecule has 1 aliphatic rings. The van der Waals surface area contributed by atoms with Gasteiger partial charge in [-0.15, -0.1) is 0 Å². The van der Waals surface area contributed by atoms with Gasteiger partial charge in [0, 0.05) is 0 Å². The largest absolute Gasteiger partial charge is 0.480 e. The first-order valence-electron chi connectivity index (χ1n) is 6.26. The predicted molar refractivity (Wildman–Crippen MR) is 74.2 cm³/mol. The van der Waals surface area contributed by atoms with Gasteiger partial charge >= 0.3 is 5.97 Å². The van der Waals surface area contributed by atoms with Crippen LogP contribution in [0.2, 0.25) is 0 Å². The van der Waals surface area contributed by atoms with Gasteiger partial charge in [-0.05, 0) is 31.4 Å². The van der Waals surface area contributed by atoms with Crippen molar-refractivity contribution in [2.75, 3.05) is 6.61 Å². The van der Waals surface area contributed by atoms with Crippen molar-refractivity contribution in [3.8, 4) is 0 Å². The van der Waals surface area contributed by atoms with Gasteiger partial charge in [0.05, 0.1) is 12.1 Å². The first-order chi connectivity index (χ1) is 9.25. The van der Waals surface area contributed by atoms with Crippen LogP contribution in [0, 0.1) is 0 Å². The Balaban J connectivity index is 0.000000233. The molecule has 0 spiro atoms. The summed E-state index contributed by atoms with van der Waals surface area (Å²) in [5.74, 6) is -1.91. The van der Waals surface area contributed by atoms with Crippen molar-refractivity contribution in [3.63, 3.8) is 0 Å². The SMILES string of the molecule is CC(C)(N)C(=O)NC(CO)C(=O)O.c1ccc2c(c1)C2.